The molecule has 0 unspecified atom stereocenters. The third-order valence-corrected chi connectivity index (χ3v) is 4.07. The molecule has 0 bridgehead atoms. The lowest BCUT2D eigenvalue weighted by Crippen LogP contribution is -2.14. The van der Waals surface area contributed by atoms with Gasteiger partial charge < -0.3 is 14.6 Å². The van der Waals surface area contributed by atoms with E-state index < -0.39 is 0 Å². The second kappa shape index (κ2) is 6.64. The van der Waals surface area contributed by atoms with Crippen molar-refractivity contribution in [1.82, 2.24) is 9.55 Å². The zero-order valence-corrected chi connectivity index (χ0v) is 12.8. The molecule has 1 saturated carbocycles. The Kier molecular flexibility index (Phi) is 4.42. The Morgan fingerprint density at radius 1 is 1.32 bits per heavy atom. The van der Waals surface area contributed by atoms with Crippen LogP contribution in [0.25, 0.3) is 0 Å². The molecule has 5 nitrogen and oxygen atoms in total. The lowest BCUT2D eigenvalue weighted by molar-refractivity contribution is 0.0318. The molecule has 1 N–H and O–H groups in total. The molecular weight excluding hydrogens is 278 g/mol. The maximum atomic E-state index is 12.0. The first-order valence-corrected chi connectivity index (χ1v) is 7.73. The molecule has 0 saturated heterocycles. The smallest absolute Gasteiger partial charge is 0.338 e. The first-order chi connectivity index (χ1) is 10.7. The number of carbonyl (C=O) groups excluding carboxylic acids is 1. The summed E-state index contributed by atoms with van der Waals surface area (Å²) in [5.74, 6) is 0.743. The van der Waals surface area contributed by atoms with E-state index in [1.807, 2.05) is 29.9 Å². The van der Waals surface area contributed by atoms with E-state index in [2.05, 4.69) is 10.3 Å². The van der Waals surface area contributed by atoms with Gasteiger partial charge in [0.15, 0.2) is 0 Å². The summed E-state index contributed by atoms with van der Waals surface area (Å²) in [4.78, 5) is 16.3. The van der Waals surface area contributed by atoms with Gasteiger partial charge in [0.2, 0.25) is 0 Å². The van der Waals surface area contributed by atoms with Crippen LogP contribution in [0, 0.1) is 0 Å². The average Bonchev–Trinajstić information content (AvgIpc) is 3.17. The third kappa shape index (κ3) is 3.47. The summed E-state index contributed by atoms with van der Waals surface area (Å²) in [5.41, 5.74) is 1.56. The van der Waals surface area contributed by atoms with Gasteiger partial charge >= 0.3 is 5.97 Å². The molecule has 1 fully saturated rings. The molecule has 3 rings (SSSR count). The molecule has 5 heteroatoms. The normalized spacial score (nSPS) is 15.0. The van der Waals surface area contributed by atoms with Crippen LogP contribution in [-0.2, 0) is 18.3 Å². The Morgan fingerprint density at radius 2 is 2.05 bits per heavy atom. The Bertz CT molecular complexity index is 628. The van der Waals surface area contributed by atoms with Crippen molar-refractivity contribution in [2.45, 2.75) is 38.3 Å². The molecule has 0 radical (unpaired) electrons. The number of rotatable bonds is 5. The Labute approximate surface area is 130 Å². The van der Waals surface area contributed by atoms with Gasteiger partial charge in [0.05, 0.1) is 12.1 Å². The number of ether oxygens (including phenoxy) is 1. The van der Waals surface area contributed by atoms with Crippen molar-refractivity contribution in [2.75, 3.05) is 5.32 Å². The Hall–Kier alpha value is -2.30. The van der Waals surface area contributed by atoms with E-state index in [-0.39, 0.29) is 12.1 Å². The highest BCUT2D eigenvalue weighted by molar-refractivity contribution is 5.89. The predicted octanol–water partition coefficient (Wildman–Crippen LogP) is 3.13. The largest absolute Gasteiger partial charge is 0.459 e. The van der Waals surface area contributed by atoms with Gasteiger partial charge in [-0.05, 0) is 49.9 Å². The number of nitrogens with one attached hydrogen (secondary N) is 1. The van der Waals surface area contributed by atoms with Crippen LogP contribution in [0.1, 0.15) is 41.9 Å². The molecule has 0 aliphatic heterocycles. The zero-order chi connectivity index (χ0) is 15.4. The minimum absolute atomic E-state index is 0.105. The van der Waals surface area contributed by atoms with E-state index in [1.165, 1.54) is 0 Å². The first kappa shape index (κ1) is 14.6. The summed E-state index contributed by atoms with van der Waals surface area (Å²) in [7, 11) is 1.96. The van der Waals surface area contributed by atoms with Gasteiger partial charge in [0.1, 0.15) is 11.9 Å². The van der Waals surface area contributed by atoms with Gasteiger partial charge in [0, 0.05) is 25.1 Å². The van der Waals surface area contributed by atoms with Crippen LogP contribution in [0.4, 0.5) is 5.69 Å². The Balaban J connectivity index is 1.55. The lowest BCUT2D eigenvalue weighted by atomic mass is 10.2. The highest BCUT2D eigenvalue weighted by Gasteiger charge is 2.19. The van der Waals surface area contributed by atoms with E-state index in [0.717, 1.165) is 37.2 Å². The van der Waals surface area contributed by atoms with Crippen LogP contribution in [0.5, 0.6) is 0 Å². The average molecular weight is 299 g/mol. The number of benzene rings is 1. The van der Waals surface area contributed by atoms with Gasteiger partial charge in [0.25, 0.3) is 0 Å². The first-order valence-electron chi connectivity index (χ1n) is 7.73. The molecule has 1 aliphatic carbocycles. The van der Waals surface area contributed by atoms with Crippen LogP contribution in [0.2, 0.25) is 0 Å². The number of aromatic nitrogens is 2. The third-order valence-electron chi connectivity index (χ3n) is 4.07. The van der Waals surface area contributed by atoms with Gasteiger partial charge in [-0.3, -0.25) is 0 Å². The molecule has 1 heterocycles. The van der Waals surface area contributed by atoms with Crippen LogP contribution in [0.3, 0.4) is 0 Å². The van der Waals surface area contributed by atoms with E-state index in [1.54, 1.807) is 18.3 Å². The van der Waals surface area contributed by atoms with Crippen LogP contribution >= 0.6 is 0 Å². The summed E-state index contributed by atoms with van der Waals surface area (Å²) in [6.07, 6.45) is 8.11. The highest BCUT2D eigenvalue weighted by Crippen LogP contribution is 2.22. The number of hydrogen-bond donors (Lipinski definition) is 1. The van der Waals surface area contributed by atoms with Gasteiger partial charge in [-0.2, -0.15) is 0 Å². The fourth-order valence-electron chi connectivity index (χ4n) is 2.70. The maximum Gasteiger partial charge on any atom is 0.338 e. The number of anilines is 1. The fourth-order valence-corrected chi connectivity index (χ4v) is 2.70. The van der Waals surface area contributed by atoms with Crippen LogP contribution < -0.4 is 5.32 Å². The predicted molar refractivity (Wildman–Crippen MR) is 84.6 cm³/mol. The van der Waals surface area contributed by atoms with Crippen molar-refractivity contribution in [3.8, 4) is 0 Å². The topological polar surface area (TPSA) is 56.2 Å². The van der Waals surface area contributed by atoms with E-state index in [0.29, 0.717) is 12.1 Å². The molecule has 22 heavy (non-hydrogen) atoms. The second-order valence-corrected chi connectivity index (χ2v) is 5.70. The molecule has 1 aromatic carbocycles. The number of nitrogens with zero attached hydrogens (tertiary/aromatic N) is 2. The van der Waals surface area contributed by atoms with Crippen molar-refractivity contribution in [3.05, 3.63) is 48.0 Å². The van der Waals surface area contributed by atoms with Gasteiger partial charge in [-0.15, -0.1) is 0 Å². The summed E-state index contributed by atoms with van der Waals surface area (Å²) < 4.78 is 7.47. The molecule has 2 aromatic rings. The number of hydrogen-bond acceptors (Lipinski definition) is 4. The van der Waals surface area contributed by atoms with Crippen molar-refractivity contribution in [3.63, 3.8) is 0 Å². The minimum Gasteiger partial charge on any atom is -0.459 e. The summed E-state index contributed by atoms with van der Waals surface area (Å²) in [6, 6.07) is 7.40. The maximum absolute atomic E-state index is 12.0. The number of carbonyl (C=O) groups is 1. The van der Waals surface area contributed by atoms with Crippen LogP contribution in [-0.4, -0.2) is 21.6 Å². The quantitative estimate of drug-likeness (QED) is 0.862. The molecule has 116 valence electrons. The van der Waals surface area contributed by atoms with Crippen LogP contribution in [0.15, 0.2) is 36.7 Å². The van der Waals surface area contributed by atoms with Crippen molar-refractivity contribution < 1.29 is 9.53 Å². The molecule has 0 amide bonds. The molecule has 0 atom stereocenters. The second-order valence-electron chi connectivity index (χ2n) is 5.70. The van der Waals surface area contributed by atoms with Gasteiger partial charge in [-0.1, -0.05) is 0 Å². The molecular formula is C17H21N3O2. The summed E-state index contributed by atoms with van der Waals surface area (Å²) >= 11 is 0. The van der Waals surface area contributed by atoms with Crippen molar-refractivity contribution in [1.29, 1.82) is 0 Å². The number of esters is 1. The number of aryl methyl sites for hydroxylation is 1. The summed E-state index contributed by atoms with van der Waals surface area (Å²) in [6.45, 7) is 0.648. The van der Waals surface area contributed by atoms with E-state index in [9.17, 15) is 4.79 Å². The molecule has 0 spiro atoms. The molecule has 1 aliphatic rings. The summed E-state index contributed by atoms with van der Waals surface area (Å²) in [5, 5.41) is 3.29. The van der Waals surface area contributed by atoms with Gasteiger partial charge in [-0.25, -0.2) is 9.78 Å². The minimum atomic E-state index is -0.220. The monoisotopic (exact) mass is 299 g/mol. The highest BCUT2D eigenvalue weighted by atomic mass is 16.5. The van der Waals surface area contributed by atoms with Crippen molar-refractivity contribution >= 4 is 11.7 Å². The van der Waals surface area contributed by atoms with E-state index >= 15 is 0 Å². The standard InChI is InChI=1S/C17H21N3O2/c1-20-11-10-18-16(20)12-19-14-8-6-13(7-9-14)17(21)22-15-4-2-3-5-15/h6-11,15,19H,2-5,12H2,1H3. The molecule has 1 aromatic heterocycles. The lowest BCUT2D eigenvalue weighted by Gasteiger charge is -2.12. The SMILES string of the molecule is Cn1ccnc1CNc1ccc(C(=O)OC2CCCC2)cc1. The van der Waals surface area contributed by atoms with Crippen molar-refractivity contribution in [2.24, 2.45) is 7.05 Å². The van der Waals surface area contributed by atoms with E-state index in [4.69, 9.17) is 4.74 Å². The number of imidazole rings is 1. The zero-order valence-electron chi connectivity index (χ0n) is 12.8. The Morgan fingerprint density at radius 3 is 2.68 bits per heavy atom. The fraction of sp³-hybridized carbons (Fsp3) is 0.412.